The van der Waals surface area contributed by atoms with E-state index in [-0.39, 0.29) is 17.5 Å². The van der Waals surface area contributed by atoms with Gasteiger partial charge in [-0.3, -0.25) is 0 Å². The van der Waals surface area contributed by atoms with Gasteiger partial charge in [-0.25, -0.2) is 9.78 Å². The van der Waals surface area contributed by atoms with Crippen LogP contribution in [0.15, 0.2) is 66.9 Å². The Hall–Kier alpha value is -3.16. The van der Waals surface area contributed by atoms with E-state index >= 15 is 0 Å². The Morgan fingerprint density at radius 2 is 1.77 bits per heavy atom. The Bertz CT molecular complexity index is 1040. The molecule has 3 rings (SSSR count). The van der Waals surface area contributed by atoms with Gasteiger partial charge in [0, 0.05) is 38.5 Å². The number of benzene rings is 2. The van der Waals surface area contributed by atoms with Crippen molar-refractivity contribution in [2.75, 3.05) is 33.4 Å². The minimum Gasteiger partial charge on any atom is -0.383 e. The third-order valence-electron chi connectivity index (χ3n) is 5.90. The highest BCUT2D eigenvalue weighted by Crippen LogP contribution is 2.39. The first-order valence-electron chi connectivity index (χ1n) is 12.2. The van der Waals surface area contributed by atoms with E-state index in [1.54, 1.807) is 7.11 Å². The van der Waals surface area contributed by atoms with Gasteiger partial charge in [-0.1, -0.05) is 81.4 Å². The third kappa shape index (κ3) is 7.16. The van der Waals surface area contributed by atoms with Crippen LogP contribution < -0.4 is 11.1 Å². The molecule has 0 aliphatic heterocycles. The second kappa shape index (κ2) is 12.5. The van der Waals surface area contributed by atoms with E-state index < -0.39 is 0 Å². The number of hydrogen-bond donors (Lipinski definition) is 2. The minimum atomic E-state index is -0.277. The van der Waals surface area contributed by atoms with Crippen molar-refractivity contribution in [3.63, 3.8) is 0 Å². The number of ether oxygens (including phenoxy) is 1. The lowest BCUT2D eigenvalue weighted by Gasteiger charge is -2.40. The largest absolute Gasteiger partial charge is 0.383 e. The van der Waals surface area contributed by atoms with Gasteiger partial charge >= 0.3 is 6.03 Å². The Kier molecular flexibility index (Phi) is 9.46. The van der Waals surface area contributed by atoms with Crippen LogP contribution in [-0.2, 0) is 11.3 Å². The van der Waals surface area contributed by atoms with E-state index in [1.165, 1.54) is 5.56 Å². The molecule has 0 fully saturated rings. The number of amides is 2. The van der Waals surface area contributed by atoms with Crippen molar-refractivity contribution in [3.05, 3.63) is 78.2 Å². The van der Waals surface area contributed by atoms with Gasteiger partial charge < -0.3 is 25.3 Å². The van der Waals surface area contributed by atoms with E-state index in [0.717, 1.165) is 17.1 Å². The number of carbonyl (C=O) groups is 1. The lowest BCUT2D eigenvalue weighted by molar-refractivity contribution is 0.106. The quantitative estimate of drug-likeness (QED) is 0.392. The standard InChI is InChI=1S/C28H39N5O2/c1-28(2,3)25(33(18-11-16-29)27(34)30-17-19-35-4)26-31-24(23-14-9-6-10-15-23)21-32(26)20-22-12-7-5-8-13-22/h5-10,12-15,21,25H,11,16-20,29H2,1-4H3,(H,30,34)/t25-/m0/s1. The predicted octanol–water partition coefficient (Wildman–Crippen LogP) is 4.69. The predicted molar refractivity (Wildman–Crippen MR) is 141 cm³/mol. The maximum absolute atomic E-state index is 13.4. The van der Waals surface area contributed by atoms with Crippen molar-refractivity contribution in [1.29, 1.82) is 0 Å². The zero-order chi connectivity index (χ0) is 25.3. The molecule has 3 aromatic rings. The summed E-state index contributed by atoms with van der Waals surface area (Å²) in [5, 5.41) is 3.01. The summed E-state index contributed by atoms with van der Waals surface area (Å²) >= 11 is 0. The highest BCUT2D eigenvalue weighted by Gasteiger charge is 2.38. The van der Waals surface area contributed by atoms with Crippen molar-refractivity contribution in [3.8, 4) is 11.3 Å². The fraction of sp³-hybridized carbons (Fsp3) is 0.429. The average molecular weight is 478 g/mol. The van der Waals surface area contributed by atoms with E-state index in [4.69, 9.17) is 15.5 Å². The molecular weight excluding hydrogens is 438 g/mol. The molecule has 0 aliphatic carbocycles. The molecule has 1 atom stereocenters. The SMILES string of the molecule is COCCNC(=O)N(CCCN)[C@@H](c1nc(-c2ccccc2)cn1Cc1ccccc1)C(C)(C)C. The number of aromatic nitrogens is 2. The van der Waals surface area contributed by atoms with E-state index in [0.29, 0.717) is 39.2 Å². The second-order valence-electron chi connectivity index (χ2n) is 9.79. The highest BCUT2D eigenvalue weighted by atomic mass is 16.5. The average Bonchev–Trinajstić information content (AvgIpc) is 3.25. The molecule has 0 unspecified atom stereocenters. The number of methoxy groups -OCH3 is 1. The highest BCUT2D eigenvalue weighted by molar-refractivity contribution is 5.75. The number of urea groups is 1. The number of nitrogens with zero attached hydrogens (tertiary/aromatic N) is 3. The molecule has 35 heavy (non-hydrogen) atoms. The molecule has 0 bridgehead atoms. The number of imidazole rings is 1. The van der Waals surface area contributed by atoms with Crippen LogP contribution in [0.1, 0.15) is 44.6 Å². The summed E-state index contributed by atoms with van der Waals surface area (Å²) in [6.07, 6.45) is 2.80. The zero-order valence-corrected chi connectivity index (χ0v) is 21.4. The summed E-state index contributed by atoms with van der Waals surface area (Å²) in [7, 11) is 1.63. The summed E-state index contributed by atoms with van der Waals surface area (Å²) < 4.78 is 7.32. The maximum Gasteiger partial charge on any atom is 0.318 e. The number of nitrogens with two attached hydrogens (primary N) is 1. The van der Waals surface area contributed by atoms with Crippen LogP contribution in [0.2, 0.25) is 0 Å². The summed E-state index contributed by atoms with van der Waals surface area (Å²) in [6, 6.07) is 20.1. The Balaban J connectivity index is 2.09. The Morgan fingerprint density at radius 3 is 2.37 bits per heavy atom. The van der Waals surface area contributed by atoms with Gasteiger partial charge in [0.15, 0.2) is 0 Å². The lowest BCUT2D eigenvalue weighted by atomic mass is 9.84. The molecule has 7 heteroatoms. The second-order valence-corrected chi connectivity index (χ2v) is 9.79. The van der Waals surface area contributed by atoms with Gasteiger partial charge in [-0.2, -0.15) is 0 Å². The molecule has 1 aromatic heterocycles. The lowest BCUT2D eigenvalue weighted by Crippen LogP contribution is -2.48. The molecule has 188 valence electrons. The van der Waals surface area contributed by atoms with Crippen LogP contribution in [0, 0.1) is 5.41 Å². The summed E-state index contributed by atoms with van der Waals surface area (Å²) in [5.74, 6) is 0.860. The molecule has 2 aromatic carbocycles. The fourth-order valence-corrected chi connectivity index (χ4v) is 4.27. The molecule has 0 radical (unpaired) electrons. The molecule has 0 spiro atoms. The smallest absolute Gasteiger partial charge is 0.318 e. The molecule has 0 saturated carbocycles. The molecule has 3 N–H and O–H groups in total. The molecule has 0 saturated heterocycles. The van der Waals surface area contributed by atoms with E-state index in [9.17, 15) is 4.79 Å². The van der Waals surface area contributed by atoms with Crippen LogP contribution >= 0.6 is 0 Å². The van der Waals surface area contributed by atoms with Gasteiger partial charge in [0.1, 0.15) is 5.82 Å². The van der Waals surface area contributed by atoms with Crippen molar-refractivity contribution in [1.82, 2.24) is 19.8 Å². The van der Waals surface area contributed by atoms with Gasteiger partial charge in [0.2, 0.25) is 0 Å². The fourth-order valence-electron chi connectivity index (χ4n) is 4.27. The first-order chi connectivity index (χ1) is 16.8. The van der Waals surface area contributed by atoms with Gasteiger partial charge in [-0.05, 0) is 23.9 Å². The Morgan fingerprint density at radius 1 is 1.11 bits per heavy atom. The van der Waals surface area contributed by atoms with Crippen LogP contribution in [0.5, 0.6) is 0 Å². The molecule has 2 amide bonds. The number of nitrogens with one attached hydrogen (secondary N) is 1. The van der Waals surface area contributed by atoms with Crippen molar-refractivity contribution >= 4 is 6.03 Å². The Labute approximate surface area is 209 Å². The van der Waals surface area contributed by atoms with Crippen LogP contribution in [0.3, 0.4) is 0 Å². The summed E-state index contributed by atoms with van der Waals surface area (Å²) in [6.45, 7) is 9.06. The number of hydrogen-bond acceptors (Lipinski definition) is 4. The minimum absolute atomic E-state index is 0.133. The summed E-state index contributed by atoms with van der Waals surface area (Å²) in [5.41, 5.74) is 8.70. The van der Waals surface area contributed by atoms with E-state index in [1.807, 2.05) is 41.3 Å². The van der Waals surface area contributed by atoms with Crippen LogP contribution in [0.25, 0.3) is 11.3 Å². The molecule has 0 aliphatic rings. The topological polar surface area (TPSA) is 85.4 Å². The van der Waals surface area contributed by atoms with E-state index in [2.05, 4.69) is 61.1 Å². The monoisotopic (exact) mass is 477 g/mol. The van der Waals surface area contributed by atoms with Crippen molar-refractivity contribution < 1.29 is 9.53 Å². The van der Waals surface area contributed by atoms with Crippen molar-refractivity contribution in [2.45, 2.75) is 39.8 Å². The summed E-state index contributed by atoms with van der Waals surface area (Å²) in [4.78, 5) is 20.4. The molecule has 7 nitrogen and oxygen atoms in total. The number of rotatable bonds is 11. The first kappa shape index (κ1) is 26.4. The number of carbonyl (C=O) groups excluding carboxylic acids is 1. The first-order valence-corrected chi connectivity index (χ1v) is 12.2. The maximum atomic E-state index is 13.4. The van der Waals surface area contributed by atoms with Gasteiger partial charge in [0.05, 0.1) is 18.3 Å². The van der Waals surface area contributed by atoms with Gasteiger partial charge in [0.25, 0.3) is 0 Å². The van der Waals surface area contributed by atoms with Gasteiger partial charge in [-0.15, -0.1) is 0 Å². The molecular formula is C28H39N5O2. The van der Waals surface area contributed by atoms with Crippen molar-refractivity contribution in [2.24, 2.45) is 11.1 Å². The van der Waals surface area contributed by atoms with Crippen LogP contribution in [0.4, 0.5) is 4.79 Å². The third-order valence-corrected chi connectivity index (χ3v) is 5.90. The van der Waals surface area contributed by atoms with Crippen LogP contribution in [-0.4, -0.2) is 53.8 Å². The normalized spacial score (nSPS) is 12.4. The zero-order valence-electron chi connectivity index (χ0n) is 21.4. The molecule has 1 heterocycles.